The second-order valence-electron chi connectivity index (χ2n) is 17.8. The fourth-order valence-electron chi connectivity index (χ4n) is 8.95. The molecule has 0 saturated carbocycles. The van der Waals surface area contributed by atoms with Crippen LogP contribution in [0, 0.1) is 0 Å². The number of carbonyl (C=O) groups excluding carboxylic acids is 2. The number of hydrogen-bond acceptors (Lipinski definition) is 29. The Morgan fingerprint density at radius 1 is 0.429 bits per heavy atom. The lowest BCUT2D eigenvalue weighted by molar-refractivity contribution is -0.402. The van der Waals surface area contributed by atoms with Crippen molar-refractivity contribution in [1.82, 2.24) is 10.6 Å². The quantitative estimate of drug-likeness (QED) is 0.0682. The number of nitrogens with one attached hydrogen (secondary N) is 2. The molecule has 0 aromatic carbocycles. The van der Waals surface area contributed by atoms with Crippen molar-refractivity contribution in [3.05, 3.63) is 0 Å². The number of hydrogen-bond donors (Lipinski definition) is 18. The van der Waals surface area contributed by atoms with Crippen LogP contribution in [0.15, 0.2) is 0 Å². The van der Waals surface area contributed by atoms with Crippen LogP contribution in [0.5, 0.6) is 0 Å². The van der Waals surface area contributed by atoms with Gasteiger partial charge in [0.2, 0.25) is 11.8 Å². The van der Waals surface area contributed by atoms with E-state index in [4.69, 9.17) is 52.1 Å². The Hall–Kier alpha value is -2.14. The molecule has 2 amide bonds. The van der Waals surface area contributed by atoms with E-state index in [2.05, 4.69) is 10.6 Å². The van der Waals surface area contributed by atoms with Crippen LogP contribution < -0.4 is 10.6 Å². The van der Waals surface area contributed by atoms with E-state index in [0.717, 1.165) is 13.8 Å². The van der Waals surface area contributed by atoms with Gasteiger partial charge in [-0.25, -0.2) is 0 Å². The summed E-state index contributed by atoms with van der Waals surface area (Å²) in [5, 5.41) is 176. The number of aliphatic hydroxyl groups excluding tert-OH is 16. The summed E-state index contributed by atoms with van der Waals surface area (Å²) in [7, 11) is 0. The minimum atomic E-state index is -2.10. The first-order valence-corrected chi connectivity index (χ1v) is 22.4. The molecule has 0 aromatic rings. The summed E-state index contributed by atoms with van der Waals surface area (Å²) in [6.07, 6.45) is -50.0. The first-order valence-electron chi connectivity index (χ1n) is 22.4. The minimum absolute atomic E-state index is 0.637. The van der Waals surface area contributed by atoms with Crippen LogP contribution in [0.25, 0.3) is 0 Å². The predicted octanol–water partition coefficient (Wildman–Crippen LogP) is -12.1. The largest absolute Gasteiger partial charge is 0.394 e. The molecular weight excluding hydrogens is 960 g/mol. The molecule has 6 fully saturated rings. The van der Waals surface area contributed by atoms with Crippen molar-refractivity contribution < 1.29 is 143 Å². The molecule has 0 aliphatic carbocycles. The van der Waals surface area contributed by atoms with Crippen molar-refractivity contribution in [3.63, 3.8) is 0 Å². The fraction of sp³-hybridized carbons (Fsp3) is 0.949. The fourth-order valence-corrected chi connectivity index (χ4v) is 8.95. The minimum Gasteiger partial charge on any atom is -0.394 e. The van der Waals surface area contributed by atoms with Gasteiger partial charge in [0.1, 0.15) is 134 Å². The Labute approximate surface area is 397 Å². The Kier molecular flexibility index (Phi) is 20.0. The number of carbonyl (C=O) groups is 2. The van der Waals surface area contributed by atoms with Crippen LogP contribution >= 0.6 is 0 Å². The molecule has 18 N–H and O–H groups in total. The normalized spacial score (nSPS) is 50.3. The Morgan fingerprint density at radius 3 is 1.49 bits per heavy atom. The highest BCUT2D eigenvalue weighted by Crippen LogP contribution is 2.38. The van der Waals surface area contributed by atoms with E-state index in [1.807, 2.05) is 0 Å². The van der Waals surface area contributed by atoms with Crippen molar-refractivity contribution in [2.45, 2.75) is 199 Å². The maximum Gasteiger partial charge on any atom is 0.217 e. The third-order valence-electron chi connectivity index (χ3n) is 12.8. The number of ether oxygens (including phenoxy) is 11. The molecule has 0 spiro atoms. The lowest BCUT2D eigenvalue weighted by Crippen LogP contribution is -2.71. The van der Waals surface area contributed by atoms with Crippen molar-refractivity contribution in [3.8, 4) is 0 Å². The Bertz CT molecular complexity index is 1680. The maximum atomic E-state index is 12.8. The number of aliphatic hydroxyl groups is 16. The van der Waals surface area contributed by atoms with E-state index in [-0.39, 0.29) is 0 Å². The molecule has 70 heavy (non-hydrogen) atoms. The zero-order valence-electron chi connectivity index (χ0n) is 37.7. The molecule has 1 unspecified atom stereocenters. The van der Waals surface area contributed by atoms with Crippen LogP contribution in [0.1, 0.15) is 20.8 Å². The molecule has 0 aromatic heterocycles. The lowest BCUT2D eigenvalue weighted by Gasteiger charge is -2.51. The predicted molar refractivity (Wildman–Crippen MR) is 215 cm³/mol. The van der Waals surface area contributed by atoms with E-state index in [1.54, 1.807) is 0 Å². The third-order valence-corrected chi connectivity index (χ3v) is 12.8. The van der Waals surface area contributed by atoms with Crippen molar-refractivity contribution in [2.24, 2.45) is 0 Å². The Balaban J connectivity index is 1.34. The molecule has 6 rings (SSSR count). The highest BCUT2D eigenvalue weighted by molar-refractivity contribution is 5.73. The monoisotopic (exact) mass is 1030 g/mol. The van der Waals surface area contributed by atoms with E-state index >= 15 is 0 Å². The number of rotatable bonds is 16. The highest BCUT2D eigenvalue weighted by Gasteiger charge is 2.58. The van der Waals surface area contributed by atoms with Gasteiger partial charge in [0, 0.05) is 13.8 Å². The van der Waals surface area contributed by atoms with E-state index in [9.17, 15) is 91.3 Å². The molecular formula is C39H66N2O29. The maximum absolute atomic E-state index is 12.8. The van der Waals surface area contributed by atoms with Gasteiger partial charge in [-0.15, -0.1) is 0 Å². The zero-order chi connectivity index (χ0) is 51.6. The van der Waals surface area contributed by atoms with E-state index in [0.29, 0.717) is 0 Å². The SMILES string of the molecule is CC(=O)N[C@H]1[C@H](O[C@H]2[C@H](O[C@@H]3O[C@@H](C)[C@@H](O)[C@@H](O)[C@@H]3O)[C@@H](NC(C)=O)C(O)O[C@@H]2CO)O[C@H](CO)[C@@H](O[C@@H]2O[C@H](CO)[C@@H](O)[C@H](O[C@H]3O[C@H](CO)[C@@H](O)[C@H](O)[C@@H]3O)[C@@H]2O[C@@H]2OC[C@@H](O)[C@H](O)[C@H]2O)[C@@H]1O. The van der Waals surface area contributed by atoms with Gasteiger partial charge in [-0.05, 0) is 6.92 Å². The smallest absolute Gasteiger partial charge is 0.217 e. The Morgan fingerprint density at radius 2 is 0.886 bits per heavy atom. The standard InChI is InChI=1S/C39H66N2O29/c1-9-19(49)24(54)27(57)37(61-9)68-31-18(41-11(3)47)34(59)62-16(7-45)30(31)67-35-17(40-10(2)46)23(53)29(15(6-44)65-35)66-39-33(70-36-26(56)20(50)12(48)8-60-36)32(22(52)14(5-43)64-39)69-38-28(58)25(55)21(51)13(4-42)63-38/h9,12-39,42-45,48-59H,4-8H2,1-3H3,(H,40,46)(H,41,47)/t9-,12+,13+,14+,15+,16+,17+,18+,19+,20-,21+,22+,23+,24+,25-,26+,27-,28-,29+,30+,31+,32-,33-,34?,35-,36-,37-,38+,39-/m0/s1. The molecule has 406 valence electrons. The van der Waals surface area contributed by atoms with Crippen LogP contribution in [-0.4, -0.2) is 305 Å². The topological polar surface area (TPSA) is 483 Å². The second-order valence-corrected chi connectivity index (χ2v) is 17.8. The van der Waals surface area contributed by atoms with Crippen LogP contribution in [0.4, 0.5) is 0 Å². The van der Waals surface area contributed by atoms with Gasteiger partial charge in [-0.3, -0.25) is 9.59 Å². The van der Waals surface area contributed by atoms with Gasteiger partial charge in [0.05, 0.1) is 39.1 Å². The first-order chi connectivity index (χ1) is 33.1. The van der Waals surface area contributed by atoms with E-state index < -0.39 is 223 Å². The van der Waals surface area contributed by atoms with Crippen LogP contribution in [0.3, 0.4) is 0 Å². The van der Waals surface area contributed by atoms with Gasteiger partial charge >= 0.3 is 0 Å². The second kappa shape index (κ2) is 24.5. The molecule has 6 aliphatic rings. The molecule has 29 atom stereocenters. The summed E-state index contributed by atoms with van der Waals surface area (Å²) in [6, 6.07) is -3.42. The summed E-state index contributed by atoms with van der Waals surface area (Å²) in [5.41, 5.74) is 0. The van der Waals surface area contributed by atoms with Crippen molar-refractivity contribution in [1.29, 1.82) is 0 Å². The summed E-state index contributed by atoms with van der Waals surface area (Å²) in [4.78, 5) is 25.2. The lowest BCUT2D eigenvalue weighted by atomic mass is 9.93. The average Bonchev–Trinajstić information content (AvgIpc) is 3.32. The summed E-state index contributed by atoms with van der Waals surface area (Å²) < 4.78 is 64.3. The molecule has 31 nitrogen and oxygen atoms in total. The van der Waals surface area contributed by atoms with Gasteiger partial charge < -0.3 is 144 Å². The van der Waals surface area contributed by atoms with Crippen molar-refractivity contribution >= 4 is 11.8 Å². The van der Waals surface area contributed by atoms with E-state index in [1.165, 1.54) is 6.92 Å². The van der Waals surface area contributed by atoms with Gasteiger partial charge in [-0.2, -0.15) is 0 Å². The molecule has 0 radical (unpaired) electrons. The number of amides is 2. The first kappa shape index (κ1) is 57.1. The third kappa shape index (κ3) is 12.2. The summed E-state index contributed by atoms with van der Waals surface area (Å²) in [5.74, 6) is -1.61. The van der Waals surface area contributed by atoms with Crippen LogP contribution in [-0.2, 0) is 61.7 Å². The molecule has 6 aliphatic heterocycles. The highest BCUT2D eigenvalue weighted by atomic mass is 16.8. The van der Waals surface area contributed by atoms with Gasteiger partial charge in [-0.1, -0.05) is 0 Å². The van der Waals surface area contributed by atoms with Gasteiger partial charge in [0.15, 0.2) is 37.7 Å². The average molecular weight is 1030 g/mol. The molecule has 6 heterocycles. The summed E-state index contributed by atoms with van der Waals surface area (Å²) >= 11 is 0. The zero-order valence-corrected chi connectivity index (χ0v) is 37.7. The summed E-state index contributed by atoms with van der Waals surface area (Å²) in [6.45, 7) is -1.21. The molecule has 6 saturated heterocycles. The van der Waals surface area contributed by atoms with Crippen LogP contribution in [0.2, 0.25) is 0 Å². The van der Waals surface area contributed by atoms with Crippen molar-refractivity contribution in [2.75, 3.05) is 33.0 Å². The molecule has 31 heteroatoms. The molecule has 0 bridgehead atoms. The van der Waals surface area contributed by atoms with Gasteiger partial charge in [0.25, 0.3) is 0 Å².